The van der Waals surface area contributed by atoms with Gasteiger partial charge >= 0.3 is 0 Å². The average molecular weight is 619 g/mol. The average Bonchev–Trinajstić information content (AvgIpc) is 3.15. The maximum absolute atomic E-state index is 12.9. The highest BCUT2D eigenvalue weighted by Crippen LogP contribution is 2.47. The zero-order valence-corrected chi connectivity index (χ0v) is 25.6. The number of hydrogen-bond acceptors (Lipinski definition) is 8. The molecule has 12 nitrogen and oxygen atoms in total. The standard InChI is InChI=1S/C26H28N4O8S2.C2H6/c1-15-26(2,3)20-14-19(17-6-4-5-7-18(17)23(20)29-15)16-12-21(24(31)27-8-10-39(33,34)35)30-22(13-16)25(32)28-9-11-40(36,37)38;1-2/h4-7,12-14H,8-11H2,1-3H3,(H,27,31)(H,28,32)(H,33,34,35)(H,36,37,38);1-2H3. The summed E-state index contributed by atoms with van der Waals surface area (Å²) in [5, 5.41) is 6.39. The van der Waals surface area contributed by atoms with Crippen LogP contribution < -0.4 is 10.6 Å². The van der Waals surface area contributed by atoms with Crippen molar-refractivity contribution in [3.8, 4) is 11.1 Å². The van der Waals surface area contributed by atoms with Crippen molar-refractivity contribution in [2.24, 2.45) is 4.99 Å². The van der Waals surface area contributed by atoms with Crippen LogP contribution in [0.25, 0.3) is 21.9 Å². The Labute approximate surface area is 245 Å². The number of rotatable bonds is 9. The summed E-state index contributed by atoms with van der Waals surface area (Å²) in [5.41, 5.74) is 3.07. The Morgan fingerprint density at radius 1 is 0.833 bits per heavy atom. The first-order valence-corrected chi connectivity index (χ1v) is 16.4. The summed E-state index contributed by atoms with van der Waals surface area (Å²) in [6.45, 7) is 9.25. The lowest BCUT2D eigenvalue weighted by Gasteiger charge is -2.22. The lowest BCUT2D eigenvalue weighted by Crippen LogP contribution is -2.32. The molecule has 226 valence electrons. The number of aromatic nitrogens is 1. The Balaban J connectivity index is 0.00000237. The van der Waals surface area contributed by atoms with Gasteiger partial charge in [0.1, 0.15) is 11.4 Å². The zero-order valence-electron chi connectivity index (χ0n) is 23.9. The SMILES string of the molecule is CC.CC1=Nc2c(cc(-c3cc(C(=O)NCCS(=O)(=O)O)nc(C(=O)NCCS(=O)(=O)O)c3)c3ccccc23)C1(C)C. The summed E-state index contributed by atoms with van der Waals surface area (Å²) in [6.07, 6.45) is 0. The minimum atomic E-state index is -4.32. The molecule has 0 radical (unpaired) electrons. The largest absolute Gasteiger partial charge is 0.350 e. The molecular formula is C28H34N4O8S2. The van der Waals surface area contributed by atoms with Crippen LogP contribution in [0.3, 0.4) is 0 Å². The van der Waals surface area contributed by atoms with Crippen LogP contribution in [-0.2, 0) is 25.7 Å². The summed E-state index contributed by atoms with van der Waals surface area (Å²) in [7, 11) is -8.65. The molecule has 4 N–H and O–H groups in total. The predicted octanol–water partition coefficient (Wildman–Crippen LogP) is 3.55. The smallest absolute Gasteiger partial charge is 0.269 e. The summed E-state index contributed by atoms with van der Waals surface area (Å²) in [4.78, 5) is 34.8. The summed E-state index contributed by atoms with van der Waals surface area (Å²) in [5.74, 6) is -3.01. The maximum atomic E-state index is 12.9. The molecule has 1 aliphatic rings. The number of benzene rings is 2. The Kier molecular flexibility index (Phi) is 9.88. The van der Waals surface area contributed by atoms with Gasteiger partial charge in [-0.15, -0.1) is 0 Å². The van der Waals surface area contributed by atoms with Gasteiger partial charge in [0, 0.05) is 29.6 Å². The van der Waals surface area contributed by atoms with Gasteiger partial charge in [0.15, 0.2) is 0 Å². The van der Waals surface area contributed by atoms with Gasteiger partial charge < -0.3 is 10.6 Å². The van der Waals surface area contributed by atoms with Gasteiger partial charge in [-0.05, 0) is 47.2 Å². The van der Waals surface area contributed by atoms with Crippen LogP contribution in [0.1, 0.15) is 61.2 Å². The lowest BCUT2D eigenvalue weighted by atomic mass is 9.79. The molecule has 3 aromatic rings. The minimum absolute atomic E-state index is 0.205. The second-order valence-electron chi connectivity index (χ2n) is 9.90. The van der Waals surface area contributed by atoms with E-state index in [0.29, 0.717) is 11.1 Å². The van der Waals surface area contributed by atoms with Crippen LogP contribution in [0.5, 0.6) is 0 Å². The highest BCUT2D eigenvalue weighted by molar-refractivity contribution is 7.86. The molecule has 0 spiro atoms. The second-order valence-corrected chi connectivity index (χ2v) is 13.0. The summed E-state index contributed by atoms with van der Waals surface area (Å²) < 4.78 is 62.2. The van der Waals surface area contributed by atoms with E-state index in [9.17, 15) is 26.4 Å². The fraction of sp³-hybridized carbons (Fsp3) is 0.357. The highest BCUT2D eigenvalue weighted by Gasteiger charge is 2.34. The Hall–Kier alpha value is -3.72. The third kappa shape index (κ3) is 7.56. The summed E-state index contributed by atoms with van der Waals surface area (Å²) >= 11 is 0. The first-order chi connectivity index (χ1) is 19.6. The highest BCUT2D eigenvalue weighted by atomic mass is 32.2. The van der Waals surface area contributed by atoms with Crippen LogP contribution in [0.15, 0.2) is 47.5 Å². The van der Waals surface area contributed by atoms with Gasteiger partial charge in [-0.2, -0.15) is 16.8 Å². The van der Waals surface area contributed by atoms with Crippen LogP contribution in [0.4, 0.5) is 5.69 Å². The van der Waals surface area contributed by atoms with Crippen molar-refractivity contribution < 1.29 is 35.5 Å². The van der Waals surface area contributed by atoms with Crippen molar-refractivity contribution >= 4 is 54.2 Å². The Morgan fingerprint density at radius 3 is 1.79 bits per heavy atom. The van der Waals surface area contributed by atoms with Crippen molar-refractivity contribution in [1.29, 1.82) is 0 Å². The van der Waals surface area contributed by atoms with Gasteiger partial charge in [0.05, 0.1) is 17.2 Å². The molecule has 42 heavy (non-hydrogen) atoms. The van der Waals surface area contributed by atoms with Crippen molar-refractivity contribution in [2.45, 2.75) is 40.0 Å². The van der Waals surface area contributed by atoms with Gasteiger partial charge in [-0.3, -0.25) is 23.7 Å². The molecule has 0 saturated carbocycles. The molecule has 0 atom stereocenters. The van der Waals surface area contributed by atoms with Crippen molar-refractivity contribution in [3.63, 3.8) is 0 Å². The third-order valence-electron chi connectivity index (χ3n) is 6.77. The monoisotopic (exact) mass is 618 g/mol. The number of aliphatic imine (C=N–C) groups is 1. The fourth-order valence-corrected chi connectivity index (χ4v) is 5.11. The van der Waals surface area contributed by atoms with Crippen molar-refractivity contribution in [1.82, 2.24) is 15.6 Å². The van der Waals surface area contributed by atoms with E-state index >= 15 is 0 Å². The quantitative estimate of drug-likeness (QED) is 0.260. The topological polar surface area (TPSA) is 192 Å². The van der Waals surface area contributed by atoms with E-state index in [4.69, 9.17) is 14.1 Å². The molecule has 14 heteroatoms. The number of fused-ring (bicyclic) bond motifs is 3. The molecule has 1 aromatic heterocycles. The van der Waals surface area contributed by atoms with E-state index in [1.165, 1.54) is 12.1 Å². The number of carbonyl (C=O) groups excluding carboxylic acids is 2. The normalized spacial score (nSPS) is 13.9. The minimum Gasteiger partial charge on any atom is -0.350 e. The lowest BCUT2D eigenvalue weighted by molar-refractivity contribution is 0.0947. The van der Waals surface area contributed by atoms with Crippen LogP contribution in [0.2, 0.25) is 0 Å². The van der Waals surface area contributed by atoms with Crippen LogP contribution >= 0.6 is 0 Å². The van der Waals surface area contributed by atoms with E-state index in [-0.39, 0.29) is 16.8 Å². The van der Waals surface area contributed by atoms with Crippen molar-refractivity contribution in [3.05, 3.63) is 59.4 Å². The number of amides is 2. The molecule has 4 rings (SSSR count). The molecule has 0 saturated heterocycles. The Morgan fingerprint density at radius 2 is 1.31 bits per heavy atom. The number of pyridine rings is 1. The predicted molar refractivity (Wildman–Crippen MR) is 162 cm³/mol. The van der Waals surface area contributed by atoms with Gasteiger partial charge in [0.2, 0.25) is 0 Å². The molecule has 2 aromatic carbocycles. The van der Waals surface area contributed by atoms with Crippen LogP contribution in [0, 0.1) is 0 Å². The van der Waals surface area contributed by atoms with E-state index in [1.807, 2.05) is 65.0 Å². The summed E-state index contributed by atoms with van der Waals surface area (Å²) in [6, 6.07) is 12.4. The molecule has 2 amide bonds. The third-order valence-corrected chi connectivity index (χ3v) is 8.21. The fourth-order valence-electron chi connectivity index (χ4n) is 4.38. The van der Waals surface area contributed by atoms with Gasteiger partial charge in [-0.25, -0.2) is 4.98 Å². The Bertz CT molecular complexity index is 1710. The van der Waals surface area contributed by atoms with E-state index in [0.717, 1.165) is 27.7 Å². The zero-order chi connectivity index (χ0) is 31.5. The first-order valence-electron chi connectivity index (χ1n) is 13.2. The molecular weight excluding hydrogens is 584 g/mol. The van der Waals surface area contributed by atoms with E-state index in [2.05, 4.69) is 15.6 Å². The second kappa shape index (κ2) is 12.7. The van der Waals surface area contributed by atoms with Crippen LogP contribution in [-0.4, -0.2) is 73.0 Å². The van der Waals surface area contributed by atoms with E-state index in [1.54, 1.807) is 0 Å². The molecule has 0 unspecified atom stereocenters. The maximum Gasteiger partial charge on any atom is 0.269 e. The van der Waals surface area contributed by atoms with Crippen molar-refractivity contribution in [2.75, 3.05) is 24.6 Å². The molecule has 1 aliphatic heterocycles. The first kappa shape index (κ1) is 32.8. The van der Waals surface area contributed by atoms with Gasteiger partial charge in [-0.1, -0.05) is 52.0 Å². The molecule has 2 heterocycles. The number of nitrogens with zero attached hydrogens (tertiary/aromatic N) is 2. The number of hydrogen-bond donors (Lipinski definition) is 4. The molecule has 0 fully saturated rings. The number of nitrogens with one attached hydrogen (secondary N) is 2. The van der Waals surface area contributed by atoms with Gasteiger partial charge in [0.25, 0.3) is 32.1 Å². The molecule has 0 aliphatic carbocycles. The number of carbonyl (C=O) groups is 2. The molecule has 0 bridgehead atoms. The van der Waals surface area contributed by atoms with E-state index < -0.39 is 56.6 Å².